The standard InChI is InChI=1S/C23H31BrN8O2/c24-18-15-28-21(31-19(18)26-10-5-11-27-20(33)23(25)8-4-9-23)29-16-6-3-7-17(14-16)30-22(34)32-12-1-2-13-32/h3,6-7,14-15H,1-2,4-5,8-13,25H2,(H,27,33)(H,30,34)(H2,26,28,29,31). The fraction of sp³-hybridized carbons (Fsp3) is 0.478. The number of nitrogens with zero attached hydrogens (tertiary/aromatic N) is 3. The number of halogens is 1. The molecule has 1 aromatic heterocycles. The number of urea groups is 1. The van der Waals surface area contributed by atoms with E-state index in [-0.39, 0.29) is 11.9 Å². The largest absolute Gasteiger partial charge is 0.369 e. The Labute approximate surface area is 207 Å². The summed E-state index contributed by atoms with van der Waals surface area (Å²) < 4.78 is 0.740. The molecular weight excluding hydrogens is 500 g/mol. The minimum atomic E-state index is -0.669. The van der Waals surface area contributed by atoms with E-state index in [1.807, 2.05) is 29.2 Å². The van der Waals surface area contributed by atoms with Crippen molar-refractivity contribution in [3.8, 4) is 0 Å². The summed E-state index contributed by atoms with van der Waals surface area (Å²) in [6.07, 6.45) is 7.04. The number of amides is 3. The second-order valence-corrected chi connectivity index (χ2v) is 9.62. The van der Waals surface area contributed by atoms with E-state index in [1.165, 1.54) is 0 Å². The van der Waals surface area contributed by atoms with Crippen molar-refractivity contribution < 1.29 is 9.59 Å². The lowest BCUT2D eigenvalue weighted by molar-refractivity contribution is -0.129. The molecule has 2 aromatic rings. The normalized spacial score (nSPS) is 16.5. The first-order valence-corrected chi connectivity index (χ1v) is 12.5. The van der Waals surface area contributed by atoms with Gasteiger partial charge in [0.25, 0.3) is 0 Å². The third kappa shape index (κ3) is 6.15. The van der Waals surface area contributed by atoms with Gasteiger partial charge in [-0.05, 0) is 72.7 Å². The van der Waals surface area contributed by atoms with E-state index in [2.05, 4.69) is 47.2 Å². The van der Waals surface area contributed by atoms with Gasteiger partial charge < -0.3 is 31.9 Å². The van der Waals surface area contributed by atoms with E-state index >= 15 is 0 Å². The number of anilines is 4. The van der Waals surface area contributed by atoms with Crippen LogP contribution in [-0.2, 0) is 4.79 Å². The molecule has 1 aromatic carbocycles. The maximum Gasteiger partial charge on any atom is 0.321 e. The summed E-state index contributed by atoms with van der Waals surface area (Å²) in [5.74, 6) is 1.01. The predicted molar refractivity (Wildman–Crippen MR) is 136 cm³/mol. The fourth-order valence-corrected chi connectivity index (χ4v) is 4.27. The highest BCUT2D eigenvalue weighted by atomic mass is 79.9. The molecule has 6 N–H and O–H groups in total. The van der Waals surface area contributed by atoms with Crippen LogP contribution in [0.5, 0.6) is 0 Å². The summed E-state index contributed by atoms with van der Waals surface area (Å²) >= 11 is 3.47. The van der Waals surface area contributed by atoms with Crippen LogP contribution >= 0.6 is 15.9 Å². The molecule has 3 amide bonds. The lowest BCUT2D eigenvalue weighted by atomic mass is 9.77. The van der Waals surface area contributed by atoms with Crippen LogP contribution in [0, 0.1) is 0 Å². The maximum absolute atomic E-state index is 12.3. The van der Waals surface area contributed by atoms with Crippen LogP contribution in [0.3, 0.4) is 0 Å². The van der Waals surface area contributed by atoms with Crippen LogP contribution in [-0.4, -0.2) is 58.5 Å². The van der Waals surface area contributed by atoms with Crippen LogP contribution in [0.25, 0.3) is 0 Å². The molecule has 1 saturated carbocycles. The SMILES string of the molecule is NC1(C(=O)NCCCNc2nc(Nc3cccc(NC(=O)N4CCCC4)c3)ncc2Br)CCC1. The lowest BCUT2D eigenvalue weighted by Crippen LogP contribution is -2.58. The molecule has 2 heterocycles. The highest BCUT2D eigenvalue weighted by molar-refractivity contribution is 9.10. The highest BCUT2D eigenvalue weighted by Gasteiger charge is 2.39. The van der Waals surface area contributed by atoms with Crippen LogP contribution in [0.1, 0.15) is 38.5 Å². The number of likely N-dealkylation sites (tertiary alicyclic amines) is 1. The molecule has 0 atom stereocenters. The number of benzene rings is 1. The van der Waals surface area contributed by atoms with Gasteiger partial charge in [-0.2, -0.15) is 4.98 Å². The van der Waals surface area contributed by atoms with Crippen molar-refractivity contribution in [2.75, 3.05) is 42.1 Å². The Kier molecular flexibility index (Phi) is 7.84. The molecule has 2 fully saturated rings. The molecule has 11 heteroatoms. The van der Waals surface area contributed by atoms with E-state index in [0.717, 1.165) is 61.8 Å². The predicted octanol–water partition coefficient (Wildman–Crippen LogP) is 3.41. The van der Waals surface area contributed by atoms with Gasteiger partial charge in [0.15, 0.2) is 0 Å². The van der Waals surface area contributed by atoms with Crippen LogP contribution < -0.4 is 27.0 Å². The van der Waals surface area contributed by atoms with Crippen molar-refractivity contribution in [3.05, 3.63) is 34.9 Å². The Morgan fingerprint density at radius 1 is 1.12 bits per heavy atom. The van der Waals surface area contributed by atoms with Crippen molar-refractivity contribution >= 4 is 51.0 Å². The molecule has 4 rings (SSSR count). The van der Waals surface area contributed by atoms with E-state index < -0.39 is 5.54 Å². The van der Waals surface area contributed by atoms with Gasteiger partial charge in [-0.15, -0.1) is 0 Å². The van der Waals surface area contributed by atoms with E-state index in [0.29, 0.717) is 30.5 Å². The average Bonchev–Trinajstić information content (AvgIpc) is 3.34. The zero-order chi connectivity index (χ0) is 24.0. The number of nitrogens with one attached hydrogen (secondary N) is 4. The highest BCUT2D eigenvalue weighted by Crippen LogP contribution is 2.29. The zero-order valence-electron chi connectivity index (χ0n) is 19.1. The number of hydrogen-bond donors (Lipinski definition) is 5. The van der Waals surface area contributed by atoms with E-state index in [9.17, 15) is 9.59 Å². The van der Waals surface area contributed by atoms with Gasteiger partial charge >= 0.3 is 6.03 Å². The fourth-order valence-electron chi connectivity index (χ4n) is 3.94. The average molecular weight is 531 g/mol. The van der Waals surface area contributed by atoms with Crippen molar-refractivity contribution in [2.45, 2.75) is 44.1 Å². The Balaban J connectivity index is 1.27. The summed E-state index contributed by atoms with van der Waals surface area (Å²) in [6, 6.07) is 7.38. The van der Waals surface area contributed by atoms with Crippen molar-refractivity contribution in [1.82, 2.24) is 20.2 Å². The number of carbonyl (C=O) groups excluding carboxylic acids is 2. The Bertz CT molecular complexity index is 1020. The van der Waals surface area contributed by atoms with Crippen LogP contribution in [0.15, 0.2) is 34.9 Å². The van der Waals surface area contributed by atoms with Crippen molar-refractivity contribution in [2.24, 2.45) is 5.73 Å². The lowest BCUT2D eigenvalue weighted by Gasteiger charge is -2.36. The first-order valence-electron chi connectivity index (χ1n) is 11.7. The first-order chi connectivity index (χ1) is 16.4. The Morgan fingerprint density at radius 2 is 1.88 bits per heavy atom. The molecular formula is C23H31BrN8O2. The van der Waals surface area contributed by atoms with Gasteiger partial charge in [0.1, 0.15) is 5.82 Å². The zero-order valence-corrected chi connectivity index (χ0v) is 20.7. The second-order valence-electron chi connectivity index (χ2n) is 8.77. The number of carbonyl (C=O) groups is 2. The topological polar surface area (TPSA) is 137 Å². The third-order valence-electron chi connectivity index (χ3n) is 6.14. The number of aromatic nitrogens is 2. The molecule has 1 aliphatic heterocycles. The van der Waals surface area contributed by atoms with Crippen LogP contribution in [0.4, 0.5) is 27.9 Å². The summed E-state index contributed by atoms with van der Waals surface area (Å²) in [7, 11) is 0. The quantitative estimate of drug-likeness (QED) is 0.313. The summed E-state index contributed by atoms with van der Waals surface area (Å²) in [6.45, 7) is 2.78. The Morgan fingerprint density at radius 3 is 2.62 bits per heavy atom. The molecule has 1 saturated heterocycles. The minimum Gasteiger partial charge on any atom is -0.369 e. The van der Waals surface area contributed by atoms with Gasteiger partial charge in [-0.25, -0.2) is 9.78 Å². The smallest absolute Gasteiger partial charge is 0.321 e. The third-order valence-corrected chi connectivity index (χ3v) is 6.72. The summed E-state index contributed by atoms with van der Waals surface area (Å²) in [4.78, 5) is 35.1. The van der Waals surface area contributed by atoms with E-state index in [1.54, 1.807) is 6.20 Å². The molecule has 182 valence electrons. The number of rotatable bonds is 9. The van der Waals surface area contributed by atoms with Crippen LogP contribution in [0.2, 0.25) is 0 Å². The van der Waals surface area contributed by atoms with Crippen molar-refractivity contribution in [1.29, 1.82) is 0 Å². The second kappa shape index (κ2) is 11.0. The molecule has 34 heavy (non-hydrogen) atoms. The van der Waals surface area contributed by atoms with Gasteiger partial charge in [0.05, 0.1) is 10.0 Å². The number of nitrogens with two attached hydrogens (primary N) is 1. The first kappa shape index (κ1) is 24.2. The van der Waals surface area contributed by atoms with Crippen molar-refractivity contribution in [3.63, 3.8) is 0 Å². The maximum atomic E-state index is 12.3. The minimum absolute atomic E-state index is 0.0627. The Hall–Kier alpha value is -2.92. The summed E-state index contributed by atoms with van der Waals surface area (Å²) in [5, 5.41) is 12.3. The molecule has 1 aliphatic carbocycles. The van der Waals surface area contributed by atoms with E-state index in [4.69, 9.17) is 5.73 Å². The number of hydrogen-bond acceptors (Lipinski definition) is 7. The van der Waals surface area contributed by atoms with Gasteiger partial charge in [0, 0.05) is 43.8 Å². The summed E-state index contributed by atoms with van der Waals surface area (Å²) in [5.41, 5.74) is 6.84. The molecule has 10 nitrogen and oxygen atoms in total. The van der Waals surface area contributed by atoms with Gasteiger partial charge in [0.2, 0.25) is 11.9 Å². The molecule has 0 radical (unpaired) electrons. The monoisotopic (exact) mass is 530 g/mol. The van der Waals surface area contributed by atoms with Gasteiger partial charge in [-0.1, -0.05) is 6.07 Å². The molecule has 0 bridgehead atoms. The van der Waals surface area contributed by atoms with Gasteiger partial charge in [-0.3, -0.25) is 4.79 Å². The molecule has 0 unspecified atom stereocenters. The molecule has 0 spiro atoms. The molecule has 2 aliphatic rings.